The van der Waals surface area contributed by atoms with E-state index >= 15 is 0 Å². The van der Waals surface area contributed by atoms with Gasteiger partial charge in [-0.3, -0.25) is 4.79 Å². The number of rotatable bonds is 3. The van der Waals surface area contributed by atoms with Gasteiger partial charge in [0, 0.05) is 12.8 Å². The van der Waals surface area contributed by atoms with E-state index in [2.05, 4.69) is 9.84 Å². The maximum absolute atomic E-state index is 11.1. The lowest BCUT2D eigenvalue weighted by Gasteiger charge is -2.08. The SMILES string of the molecule is COP(=O)(O)C(=O)Nc1ccccc1. The molecule has 76 valence electrons. The zero-order valence-electron chi connectivity index (χ0n) is 7.51. The second-order valence-corrected chi connectivity index (χ2v) is 4.31. The molecule has 0 aliphatic rings. The number of amides is 1. The Morgan fingerprint density at radius 2 is 2.00 bits per heavy atom. The molecule has 0 heterocycles. The van der Waals surface area contributed by atoms with Gasteiger partial charge in [-0.05, 0) is 12.1 Å². The van der Waals surface area contributed by atoms with Crippen molar-refractivity contribution in [3.63, 3.8) is 0 Å². The summed E-state index contributed by atoms with van der Waals surface area (Å²) in [5.74, 6) is 0. The highest BCUT2D eigenvalue weighted by Gasteiger charge is 2.28. The fourth-order valence-electron chi connectivity index (χ4n) is 0.799. The number of benzene rings is 1. The zero-order chi connectivity index (χ0) is 10.6. The molecule has 2 N–H and O–H groups in total. The van der Waals surface area contributed by atoms with Gasteiger partial charge in [-0.2, -0.15) is 0 Å². The van der Waals surface area contributed by atoms with Crippen LogP contribution in [0, 0.1) is 0 Å². The van der Waals surface area contributed by atoms with Crippen molar-refractivity contribution in [2.75, 3.05) is 12.4 Å². The van der Waals surface area contributed by atoms with Crippen molar-refractivity contribution in [2.45, 2.75) is 0 Å². The van der Waals surface area contributed by atoms with Gasteiger partial charge in [-0.25, -0.2) is 4.57 Å². The Bertz CT molecular complexity index is 365. The van der Waals surface area contributed by atoms with Gasteiger partial charge in [0.05, 0.1) is 0 Å². The second-order valence-electron chi connectivity index (χ2n) is 2.50. The fraction of sp³-hybridized carbons (Fsp3) is 0.125. The van der Waals surface area contributed by atoms with Crippen LogP contribution >= 0.6 is 7.60 Å². The maximum atomic E-state index is 11.1. The van der Waals surface area contributed by atoms with E-state index < -0.39 is 13.2 Å². The molecule has 0 aromatic heterocycles. The minimum absolute atomic E-state index is 0.448. The number of nitrogens with one attached hydrogen (secondary N) is 1. The van der Waals surface area contributed by atoms with Crippen molar-refractivity contribution < 1.29 is 18.8 Å². The molecule has 1 unspecified atom stereocenters. The molecule has 1 atom stereocenters. The maximum Gasteiger partial charge on any atom is 0.415 e. The Morgan fingerprint density at radius 1 is 1.43 bits per heavy atom. The molecule has 0 fully saturated rings. The average molecular weight is 215 g/mol. The van der Waals surface area contributed by atoms with E-state index in [0.717, 1.165) is 7.11 Å². The lowest BCUT2D eigenvalue weighted by atomic mass is 10.3. The summed E-state index contributed by atoms with van der Waals surface area (Å²) < 4.78 is 15.2. The Labute approximate surface area is 81.2 Å². The van der Waals surface area contributed by atoms with E-state index in [1.54, 1.807) is 30.3 Å². The summed E-state index contributed by atoms with van der Waals surface area (Å²) >= 11 is 0. The third-order valence-corrected chi connectivity index (χ3v) is 2.65. The molecule has 0 saturated heterocycles. The Balaban J connectivity index is 2.72. The predicted molar refractivity (Wildman–Crippen MR) is 52.3 cm³/mol. The highest BCUT2D eigenvalue weighted by Crippen LogP contribution is 2.42. The Morgan fingerprint density at radius 3 is 2.50 bits per heavy atom. The topological polar surface area (TPSA) is 75.6 Å². The van der Waals surface area contributed by atoms with Gasteiger partial charge in [0.2, 0.25) is 0 Å². The molecule has 1 amide bonds. The quantitative estimate of drug-likeness (QED) is 0.756. The molecule has 0 aliphatic heterocycles. The van der Waals surface area contributed by atoms with Crippen molar-refractivity contribution >= 4 is 18.9 Å². The molecule has 5 nitrogen and oxygen atoms in total. The molecule has 0 spiro atoms. The van der Waals surface area contributed by atoms with E-state index in [4.69, 9.17) is 4.89 Å². The normalized spacial score (nSPS) is 14.4. The first-order valence-corrected chi connectivity index (χ1v) is 5.39. The van der Waals surface area contributed by atoms with Crippen LogP contribution in [0.5, 0.6) is 0 Å². The highest BCUT2D eigenvalue weighted by atomic mass is 31.2. The third-order valence-electron chi connectivity index (χ3n) is 1.53. The van der Waals surface area contributed by atoms with Crippen LogP contribution in [0.25, 0.3) is 0 Å². The Kier molecular flexibility index (Phi) is 3.41. The van der Waals surface area contributed by atoms with Crippen LogP contribution < -0.4 is 5.32 Å². The van der Waals surface area contributed by atoms with Crippen LogP contribution in [0.3, 0.4) is 0 Å². The van der Waals surface area contributed by atoms with Crippen molar-refractivity contribution in [3.05, 3.63) is 30.3 Å². The van der Waals surface area contributed by atoms with E-state index in [9.17, 15) is 9.36 Å². The number of carbonyl (C=O) groups is 1. The molecular weight excluding hydrogens is 205 g/mol. The molecule has 0 aliphatic carbocycles. The fourth-order valence-corrected chi connectivity index (χ4v) is 1.23. The summed E-state index contributed by atoms with van der Waals surface area (Å²) in [7, 11) is -3.17. The lowest BCUT2D eigenvalue weighted by molar-refractivity contribution is 0.252. The van der Waals surface area contributed by atoms with Gasteiger partial charge in [0.15, 0.2) is 0 Å². The molecule has 0 radical (unpaired) electrons. The minimum atomic E-state index is -4.18. The number of anilines is 1. The standard InChI is InChI=1S/C8H10NO4P/c1-13-14(11,12)8(10)9-7-5-3-2-4-6-7/h2-6H,1H3,(H,9,10)(H,11,12). The summed E-state index contributed by atoms with van der Waals surface area (Å²) in [4.78, 5) is 20.1. The summed E-state index contributed by atoms with van der Waals surface area (Å²) in [6, 6.07) is 8.38. The molecule has 0 saturated carbocycles. The first-order valence-electron chi connectivity index (χ1n) is 3.81. The zero-order valence-corrected chi connectivity index (χ0v) is 8.40. The first-order chi connectivity index (χ1) is 6.56. The summed E-state index contributed by atoms with van der Waals surface area (Å²) in [5, 5.41) is 2.26. The van der Waals surface area contributed by atoms with Gasteiger partial charge in [-0.1, -0.05) is 18.2 Å². The molecular formula is C8H10NO4P. The van der Waals surface area contributed by atoms with Crippen molar-refractivity contribution in [2.24, 2.45) is 0 Å². The largest absolute Gasteiger partial charge is 0.415 e. The van der Waals surface area contributed by atoms with Crippen LogP contribution in [0.2, 0.25) is 0 Å². The number of hydrogen-bond acceptors (Lipinski definition) is 3. The van der Waals surface area contributed by atoms with Crippen LogP contribution in [0.1, 0.15) is 0 Å². The number of carbonyl (C=O) groups excluding carboxylic acids is 1. The van der Waals surface area contributed by atoms with Gasteiger partial charge >= 0.3 is 13.2 Å². The second kappa shape index (κ2) is 4.37. The average Bonchev–Trinajstić information content (AvgIpc) is 2.19. The predicted octanol–water partition coefficient (Wildman–Crippen LogP) is 2.05. The van der Waals surface area contributed by atoms with Gasteiger partial charge in [0.1, 0.15) is 0 Å². The van der Waals surface area contributed by atoms with E-state index in [1.807, 2.05) is 0 Å². The van der Waals surface area contributed by atoms with Crippen LogP contribution in [0.15, 0.2) is 30.3 Å². The van der Waals surface area contributed by atoms with Crippen molar-refractivity contribution in [3.8, 4) is 0 Å². The van der Waals surface area contributed by atoms with Crippen LogP contribution in [-0.4, -0.2) is 17.7 Å². The highest BCUT2D eigenvalue weighted by molar-refractivity contribution is 7.71. The number of hydrogen-bond donors (Lipinski definition) is 2. The Hall–Kier alpha value is -1.16. The number of para-hydroxylation sites is 1. The van der Waals surface area contributed by atoms with E-state index in [1.165, 1.54) is 0 Å². The molecule has 1 aromatic carbocycles. The van der Waals surface area contributed by atoms with Crippen LogP contribution in [-0.2, 0) is 9.09 Å². The van der Waals surface area contributed by atoms with Crippen molar-refractivity contribution in [1.29, 1.82) is 0 Å². The summed E-state index contributed by atoms with van der Waals surface area (Å²) in [5.41, 5.74) is -0.588. The molecule has 1 rings (SSSR count). The van der Waals surface area contributed by atoms with E-state index in [-0.39, 0.29) is 0 Å². The van der Waals surface area contributed by atoms with Crippen LogP contribution in [0.4, 0.5) is 10.5 Å². The molecule has 6 heteroatoms. The van der Waals surface area contributed by atoms with Gasteiger partial charge in [0.25, 0.3) is 0 Å². The first kappa shape index (κ1) is 10.9. The van der Waals surface area contributed by atoms with Gasteiger partial charge in [-0.15, -0.1) is 0 Å². The molecule has 1 aromatic rings. The summed E-state index contributed by atoms with van der Waals surface area (Å²) in [6.07, 6.45) is 0. The van der Waals surface area contributed by atoms with E-state index in [0.29, 0.717) is 5.69 Å². The van der Waals surface area contributed by atoms with Gasteiger partial charge < -0.3 is 14.7 Å². The summed E-state index contributed by atoms with van der Waals surface area (Å²) in [6.45, 7) is 0. The third kappa shape index (κ3) is 2.67. The lowest BCUT2D eigenvalue weighted by Crippen LogP contribution is -2.10. The smallest absolute Gasteiger partial charge is 0.318 e. The molecule has 14 heavy (non-hydrogen) atoms. The monoisotopic (exact) mass is 215 g/mol. The molecule has 0 bridgehead atoms. The van der Waals surface area contributed by atoms with Crippen molar-refractivity contribution in [1.82, 2.24) is 0 Å². The minimum Gasteiger partial charge on any atom is -0.318 e.